The zero-order valence-electron chi connectivity index (χ0n) is 10.4. The Hall–Kier alpha value is -1.07. The quantitative estimate of drug-likeness (QED) is 0.725. The zero-order chi connectivity index (χ0) is 13.8. The highest BCUT2D eigenvalue weighted by atomic mass is 127. The maximum absolute atomic E-state index is 12.4. The summed E-state index contributed by atoms with van der Waals surface area (Å²) >= 11 is 8.03. The molecule has 0 aliphatic carbocycles. The Morgan fingerprint density at radius 3 is 2.53 bits per heavy atom. The average Bonchev–Trinajstić information content (AvgIpc) is 2.39. The molecule has 0 unspecified atom stereocenters. The van der Waals surface area contributed by atoms with Crippen molar-refractivity contribution in [2.45, 2.75) is 6.54 Å². The molecule has 19 heavy (non-hydrogen) atoms. The van der Waals surface area contributed by atoms with Crippen molar-refractivity contribution in [2.75, 3.05) is 7.05 Å². The van der Waals surface area contributed by atoms with Crippen LogP contribution in [0.2, 0.25) is 5.02 Å². The topological polar surface area (TPSA) is 20.3 Å². The van der Waals surface area contributed by atoms with E-state index in [-0.39, 0.29) is 5.91 Å². The van der Waals surface area contributed by atoms with Crippen LogP contribution < -0.4 is 0 Å². The average molecular weight is 386 g/mol. The summed E-state index contributed by atoms with van der Waals surface area (Å²) in [6, 6.07) is 15.2. The molecule has 0 aliphatic heterocycles. The minimum absolute atomic E-state index is 0.00456. The van der Waals surface area contributed by atoms with Gasteiger partial charge in [0, 0.05) is 22.2 Å². The second kappa shape index (κ2) is 6.39. The number of carbonyl (C=O) groups excluding carboxylic acids is 1. The molecule has 0 bridgehead atoms. The van der Waals surface area contributed by atoms with Crippen LogP contribution in [0.5, 0.6) is 0 Å². The summed E-state index contributed by atoms with van der Waals surface area (Å²) in [5, 5.41) is 0.645. The highest BCUT2D eigenvalue weighted by Crippen LogP contribution is 2.19. The van der Waals surface area contributed by atoms with E-state index in [1.165, 1.54) is 0 Å². The summed E-state index contributed by atoms with van der Waals surface area (Å²) in [4.78, 5) is 14.1. The van der Waals surface area contributed by atoms with Crippen molar-refractivity contribution in [3.8, 4) is 0 Å². The first-order chi connectivity index (χ1) is 9.08. The van der Waals surface area contributed by atoms with Crippen LogP contribution in [-0.2, 0) is 6.54 Å². The van der Waals surface area contributed by atoms with Crippen LogP contribution in [0.3, 0.4) is 0 Å². The van der Waals surface area contributed by atoms with E-state index in [1.807, 2.05) is 30.3 Å². The number of hydrogen-bond acceptors (Lipinski definition) is 1. The molecule has 0 N–H and O–H groups in total. The highest BCUT2D eigenvalue weighted by molar-refractivity contribution is 14.1. The molecule has 0 saturated carbocycles. The third-order valence-corrected chi connectivity index (χ3v) is 3.90. The maximum atomic E-state index is 12.4. The Labute approximate surface area is 131 Å². The molecular weight excluding hydrogens is 373 g/mol. The van der Waals surface area contributed by atoms with Gasteiger partial charge in [-0.15, -0.1) is 0 Å². The standard InChI is InChI=1S/C15H13ClINO/c1-18(10-11-5-3-2-4-6-11)15(19)13-8-7-12(16)9-14(13)17/h2-9H,10H2,1H3. The molecule has 4 heteroatoms. The Balaban J connectivity index is 2.15. The van der Waals surface area contributed by atoms with E-state index in [4.69, 9.17) is 11.6 Å². The fourth-order valence-electron chi connectivity index (χ4n) is 1.80. The fraction of sp³-hybridized carbons (Fsp3) is 0.133. The summed E-state index contributed by atoms with van der Waals surface area (Å²) in [6.45, 7) is 0.596. The highest BCUT2D eigenvalue weighted by Gasteiger charge is 2.15. The first-order valence-electron chi connectivity index (χ1n) is 5.82. The molecule has 0 atom stereocenters. The van der Waals surface area contributed by atoms with Gasteiger partial charge in [0.1, 0.15) is 0 Å². The Morgan fingerprint density at radius 1 is 1.21 bits per heavy atom. The van der Waals surface area contributed by atoms with E-state index in [2.05, 4.69) is 22.6 Å². The largest absolute Gasteiger partial charge is 0.337 e. The van der Waals surface area contributed by atoms with E-state index in [1.54, 1.807) is 30.1 Å². The van der Waals surface area contributed by atoms with Crippen LogP contribution in [0.25, 0.3) is 0 Å². The SMILES string of the molecule is CN(Cc1ccccc1)C(=O)c1ccc(Cl)cc1I. The number of nitrogens with zero attached hydrogens (tertiary/aromatic N) is 1. The lowest BCUT2D eigenvalue weighted by Crippen LogP contribution is -2.26. The van der Waals surface area contributed by atoms with Gasteiger partial charge >= 0.3 is 0 Å². The van der Waals surface area contributed by atoms with Crippen molar-refractivity contribution < 1.29 is 4.79 Å². The summed E-state index contributed by atoms with van der Waals surface area (Å²) in [5.41, 5.74) is 1.80. The molecule has 1 amide bonds. The number of amides is 1. The number of rotatable bonds is 3. The Bertz CT molecular complexity index is 586. The van der Waals surface area contributed by atoms with Crippen molar-refractivity contribution in [3.63, 3.8) is 0 Å². The van der Waals surface area contributed by atoms with Gasteiger partial charge in [-0.1, -0.05) is 41.9 Å². The third kappa shape index (κ3) is 3.70. The van der Waals surface area contributed by atoms with Crippen molar-refractivity contribution in [1.82, 2.24) is 4.90 Å². The van der Waals surface area contributed by atoms with Crippen LogP contribution in [0.15, 0.2) is 48.5 Å². The molecule has 2 rings (SSSR count). The second-order valence-corrected chi connectivity index (χ2v) is 5.87. The van der Waals surface area contributed by atoms with Crippen LogP contribution in [-0.4, -0.2) is 17.9 Å². The van der Waals surface area contributed by atoms with Gasteiger partial charge in [0.15, 0.2) is 0 Å². The van der Waals surface area contributed by atoms with E-state index in [0.717, 1.165) is 9.13 Å². The summed E-state index contributed by atoms with van der Waals surface area (Å²) < 4.78 is 0.870. The lowest BCUT2D eigenvalue weighted by atomic mass is 10.1. The molecule has 0 aliphatic rings. The summed E-state index contributed by atoms with van der Waals surface area (Å²) in [7, 11) is 1.81. The molecule has 2 aromatic carbocycles. The van der Waals surface area contributed by atoms with Crippen LogP contribution in [0.4, 0.5) is 0 Å². The molecule has 0 heterocycles. The molecule has 0 aromatic heterocycles. The summed E-state index contributed by atoms with van der Waals surface area (Å²) in [6.07, 6.45) is 0. The van der Waals surface area contributed by atoms with Crippen molar-refractivity contribution >= 4 is 40.1 Å². The molecule has 2 nitrogen and oxygen atoms in total. The van der Waals surface area contributed by atoms with Gasteiger partial charge in [0.05, 0.1) is 5.56 Å². The van der Waals surface area contributed by atoms with E-state index in [9.17, 15) is 4.79 Å². The van der Waals surface area contributed by atoms with Crippen molar-refractivity contribution in [3.05, 3.63) is 68.3 Å². The maximum Gasteiger partial charge on any atom is 0.254 e. The van der Waals surface area contributed by atoms with Crippen LogP contribution in [0.1, 0.15) is 15.9 Å². The predicted molar refractivity (Wildman–Crippen MR) is 86.4 cm³/mol. The van der Waals surface area contributed by atoms with Crippen LogP contribution >= 0.6 is 34.2 Å². The first kappa shape index (κ1) is 14.3. The molecule has 0 spiro atoms. The van der Waals surface area contributed by atoms with Gasteiger partial charge in [0.2, 0.25) is 0 Å². The second-order valence-electron chi connectivity index (χ2n) is 4.27. The third-order valence-electron chi connectivity index (χ3n) is 2.77. The van der Waals surface area contributed by atoms with Crippen molar-refractivity contribution in [1.29, 1.82) is 0 Å². The molecular formula is C15H13ClINO. The lowest BCUT2D eigenvalue weighted by molar-refractivity contribution is 0.0784. The molecule has 2 aromatic rings. The van der Waals surface area contributed by atoms with E-state index < -0.39 is 0 Å². The van der Waals surface area contributed by atoms with E-state index in [0.29, 0.717) is 17.1 Å². The Morgan fingerprint density at radius 2 is 1.89 bits per heavy atom. The van der Waals surface area contributed by atoms with Gasteiger partial charge in [-0.25, -0.2) is 0 Å². The number of hydrogen-bond donors (Lipinski definition) is 0. The first-order valence-corrected chi connectivity index (χ1v) is 7.28. The predicted octanol–water partition coefficient (Wildman–Crippen LogP) is 4.22. The van der Waals surface area contributed by atoms with Crippen molar-refractivity contribution in [2.24, 2.45) is 0 Å². The molecule has 0 saturated heterocycles. The van der Waals surface area contributed by atoms with Gasteiger partial charge in [-0.3, -0.25) is 4.79 Å². The molecule has 98 valence electrons. The van der Waals surface area contributed by atoms with Gasteiger partial charge in [-0.05, 0) is 46.4 Å². The van der Waals surface area contributed by atoms with E-state index >= 15 is 0 Å². The minimum Gasteiger partial charge on any atom is -0.337 e. The van der Waals surface area contributed by atoms with Crippen LogP contribution in [0, 0.1) is 3.57 Å². The fourth-order valence-corrected chi connectivity index (χ4v) is 2.90. The zero-order valence-corrected chi connectivity index (χ0v) is 13.4. The van der Waals surface area contributed by atoms with Gasteiger partial charge < -0.3 is 4.90 Å². The molecule has 0 radical (unpaired) electrons. The summed E-state index contributed by atoms with van der Waals surface area (Å²) in [5.74, 6) is 0.00456. The lowest BCUT2D eigenvalue weighted by Gasteiger charge is -2.18. The van der Waals surface area contributed by atoms with Gasteiger partial charge in [0.25, 0.3) is 5.91 Å². The number of carbonyl (C=O) groups is 1. The van der Waals surface area contributed by atoms with Gasteiger partial charge in [-0.2, -0.15) is 0 Å². The Kier molecular flexibility index (Phi) is 4.82. The molecule has 0 fully saturated rings. The number of halogens is 2. The smallest absolute Gasteiger partial charge is 0.254 e. The monoisotopic (exact) mass is 385 g/mol. The minimum atomic E-state index is 0.00456. The number of benzene rings is 2. The normalized spacial score (nSPS) is 10.3.